The zero-order chi connectivity index (χ0) is 19.3. The van der Waals surface area contributed by atoms with Crippen molar-refractivity contribution in [2.75, 3.05) is 7.11 Å². The third-order valence-electron chi connectivity index (χ3n) is 3.85. The standard InChI is InChI=1S/C15H18N2O.C4H4O4/c1-10(16)9-17-7-6-12-8-11-4-3-5-13(18-2)14(11)15(12)17;5-3(6)1-2-4(7)8/h3-7,10H,8-9,16H2,1-2H3;1-2H,(H,5,6)(H,7,8)/b;2-1+. The van der Waals surface area contributed by atoms with Gasteiger partial charge in [0.15, 0.2) is 0 Å². The molecule has 3 rings (SSSR count). The maximum Gasteiger partial charge on any atom is 0.328 e. The summed E-state index contributed by atoms with van der Waals surface area (Å²) in [5.74, 6) is -1.56. The van der Waals surface area contributed by atoms with Crippen LogP contribution in [-0.2, 0) is 22.6 Å². The van der Waals surface area contributed by atoms with Crippen LogP contribution in [0, 0.1) is 0 Å². The van der Waals surface area contributed by atoms with Crippen molar-refractivity contribution in [2.24, 2.45) is 5.73 Å². The minimum absolute atomic E-state index is 0.153. The summed E-state index contributed by atoms with van der Waals surface area (Å²) in [6.45, 7) is 2.87. The minimum Gasteiger partial charge on any atom is -0.496 e. The van der Waals surface area contributed by atoms with E-state index in [0.29, 0.717) is 12.2 Å². The van der Waals surface area contributed by atoms with Gasteiger partial charge in [0, 0.05) is 42.9 Å². The maximum atomic E-state index is 9.55. The summed E-state index contributed by atoms with van der Waals surface area (Å²) in [5.41, 5.74) is 11.1. The monoisotopic (exact) mass is 358 g/mol. The smallest absolute Gasteiger partial charge is 0.328 e. The molecule has 0 amide bonds. The molecule has 0 aliphatic heterocycles. The highest BCUT2D eigenvalue weighted by Gasteiger charge is 2.25. The Morgan fingerprint density at radius 2 is 1.88 bits per heavy atom. The van der Waals surface area contributed by atoms with Crippen molar-refractivity contribution in [3.05, 3.63) is 53.7 Å². The molecule has 26 heavy (non-hydrogen) atoms. The third-order valence-corrected chi connectivity index (χ3v) is 3.85. The van der Waals surface area contributed by atoms with Gasteiger partial charge in [0.25, 0.3) is 0 Å². The molecule has 1 aromatic carbocycles. The number of rotatable bonds is 5. The number of carboxylic acid groups (broad SMARTS) is 2. The molecule has 0 spiro atoms. The molecule has 1 aromatic heterocycles. The van der Waals surface area contributed by atoms with Crippen LogP contribution in [0.5, 0.6) is 5.75 Å². The molecular weight excluding hydrogens is 336 g/mol. The first-order valence-electron chi connectivity index (χ1n) is 8.07. The van der Waals surface area contributed by atoms with E-state index < -0.39 is 11.9 Å². The zero-order valence-electron chi connectivity index (χ0n) is 14.7. The number of aliphatic carboxylic acids is 2. The first kappa shape index (κ1) is 19.3. The first-order valence-corrected chi connectivity index (χ1v) is 8.07. The van der Waals surface area contributed by atoms with E-state index in [1.165, 1.54) is 22.4 Å². The molecule has 7 heteroatoms. The Labute approximate surface area is 151 Å². The number of methoxy groups -OCH3 is 1. The second-order valence-corrected chi connectivity index (χ2v) is 6.00. The van der Waals surface area contributed by atoms with E-state index in [1.54, 1.807) is 7.11 Å². The van der Waals surface area contributed by atoms with E-state index in [0.717, 1.165) is 18.7 Å². The van der Waals surface area contributed by atoms with Crippen LogP contribution in [0.4, 0.5) is 0 Å². The topological polar surface area (TPSA) is 115 Å². The highest BCUT2D eigenvalue weighted by atomic mass is 16.5. The van der Waals surface area contributed by atoms with E-state index in [2.05, 4.69) is 29.0 Å². The summed E-state index contributed by atoms with van der Waals surface area (Å²) in [5, 5.41) is 15.6. The Bertz CT molecular complexity index is 820. The second-order valence-electron chi connectivity index (χ2n) is 6.00. The van der Waals surface area contributed by atoms with Crippen molar-refractivity contribution in [2.45, 2.75) is 25.9 Å². The predicted octanol–water partition coefficient (Wildman–Crippen LogP) is 2.13. The lowest BCUT2D eigenvalue weighted by Crippen LogP contribution is -2.22. The largest absolute Gasteiger partial charge is 0.496 e. The number of carbonyl (C=O) groups is 2. The SMILES string of the molecule is COc1cccc2c1-c1c(ccn1CC(C)N)C2.O=C(O)/C=C/C(=O)O. The molecule has 1 unspecified atom stereocenters. The molecule has 0 bridgehead atoms. The molecule has 4 N–H and O–H groups in total. The lowest BCUT2D eigenvalue weighted by molar-refractivity contribution is -0.134. The van der Waals surface area contributed by atoms with Gasteiger partial charge < -0.3 is 25.3 Å². The first-order chi connectivity index (χ1) is 12.3. The van der Waals surface area contributed by atoms with Crippen molar-refractivity contribution in [1.29, 1.82) is 0 Å². The highest BCUT2D eigenvalue weighted by Crippen LogP contribution is 2.42. The van der Waals surface area contributed by atoms with Crippen molar-refractivity contribution in [3.8, 4) is 17.0 Å². The minimum atomic E-state index is -1.26. The lowest BCUT2D eigenvalue weighted by atomic mass is 10.1. The molecule has 1 aliphatic carbocycles. The molecule has 0 saturated heterocycles. The fraction of sp³-hybridized carbons (Fsp3) is 0.263. The van der Waals surface area contributed by atoms with Crippen LogP contribution >= 0.6 is 0 Å². The van der Waals surface area contributed by atoms with Crippen LogP contribution in [0.2, 0.25) is 0 Å². The van der Waals surface area contributed by atoms with Gasteiger partial charge in [-0.3, -0.25) is 0 Å². The van der Waals surface area contributed by atoms with Gasteiger partial charge in [-0.05, 0) is 30.2 Å². The van der Waals surface area contributed by atoms with Crippen LogP contribution in [0.25, 0.3) is 11.3 Å². The number of hydrogen-bond donors (Lipinski definition) is 3. The summed E-state index contributed by atoms with van der Waals surface area (Å²) >= 11 is 0. The Balaban J connectivity index is 0.000000260. The number of benzene rings is 1. The van der Waals surface area contributed by atoms with Gasteiger partial charge >= 0.3 is 11.9 Å². The summed E-state index contributed by atoms with van der Waals surface area (Å²) in [6.07, 6.45) is 4.24. The number of nitrogens with zero attached hydrogens (tertiary/aromatic N) is 1. The van der Waals surface area contributed by atoms with Gasteiger partial charge in [-0.25, -0.2) is 9.59 Å². The Morgan fingerprint density at radius 3 is 2.42 bits per heavy atom. The number of carboxylic acids is 2. The summed E-state index contributed by atoms with van der Waals surface area (Å²) < 4.78 is 7.74. The molecule has 0 saturated carbocycles. The maximum absolute atomic E-state index is 9.55. The second kappa shape index (κ2) is 8.35. The van der Waals surface area contributed by atoms with Gasteiger partial charge in [0.1, 0.15) is 5.75 Å². The summed E-state index contributed by atoms with van der Waals surface area (Å²) in [7, 11) is 1.73. The van der Waals surface area contributed by atoms with Crippen LogP contribution in [0.15, 0.2) is 42.6 Å². The fourth-order valence-electron chi connectivity index (χ4n) is 2.94. The van der Waals surface area contributed by atoms with Crippen molar-refractivity contribution < 1.29 is 24.5 Å². The average Bonchev–Trinajstić information content (AvgIpc) is 3.12. The zero-order valence-corrected chi connectivity index (χ0v) is 14.7. The molecule has 2 aromatic rings. The van der Waals surface area contributed by atoms with Gasteiger partial charge in [0.2, 0.25) is 0 Å². The van der Waals surface area contributed by atoms with Crippen molar-refractivity contribution in [3.63, 3.8) is 0 Å². The number of hydrogen-bond acceptors (Lipinski definition) is 4. The predicted molar refractivity (Wildman–Crippen MR) is 97.3 cm³/mol. The quantitative estimate of drug-likeness (QED) is 0.602. The van der Waals surface area contributed by atoms with Crippen LogP contribution < -0.4 is 10.5 Å². The van der Waals surface area contributed by atoms with Gasteiger partial charge in [0.05, 0.1) is 12.8 Å². The van der Waals surface area contributed by atoms with E-state index >= 15 is 0 Å². The normalized spacial score (nSPS) is 12.7. The molecule has 0 fully saturated rings. The Morgan fingerprint density at radius 1 is 1.23 bits per heavy atom. The van der Waals surface area contributed by atoms with E-state index in [4.69, 9.17) is 20.7 Å². The number of fused-ring (bicyclic) bond motifs is 3. The Hall–Kier alpha value is -3.06. The molecule has 0 radical (unpaired) electrons. The molecule has 1 atom stereocenters. The molecule has 1 heterocycles. The van der Waals surface area contributed by atoms with Gasteiger partial charge in [-0.15, -0.1) is 0 Å². The Kier molecular flexibility index (Phi) is 6.19. The van der Waals surface area contributed by atoms with E-state index in [-0.39, 0.29) is 6.04 Å². The number of ether oxygens (including phenoxy) is 1. The lowest BCUT2D eigenvalue weighted by Gasteiger charge is -2.14. The molecule has 138 valence electrons. The van der Waals surface area contributed by atoms with Gasteiger partial charge in [-0.2, -0.15) is 0 Å². The van der Waals surface area contributed by atoms with Crippen LogP contribution in [-0.4, -0.2) is 39.9 Å². The van der Waals surface area contributed by atoms with Gasteiger partial charge in [-0.1, -0.05) is 12.1 Å². The van der Waals surface area contributed by atoms with Crippen LogP contribution in [0.1, 0.15) is 18.1 Å². The highest BCUT2D eigenvalue weighted by molar-refractivity contribution is 5.89. The van der Waals surface area contributed by atoms with Crippen molar-refractivity contribution in [1.82, 2.24) is 4.57 Å². The average molecular weight is 358 g/mol. The van der Waals surface area contributed by atoms with E-state index in [9.17, 15) is 9.59 Å². The molecular formula is C19H22N2O5. The van der Waals surface area contributed by atoms with Crippen LogP contribution in [0.3, 0.4) is 0 Å². The van der Waals surface area contributed by atoms with E-state index in [1.807, 2.05) is 13.0 Å². The third kappa shape index (κ3) is 4.52. The van der Waals surface area contributed by atoms with Crippen molar-refractivity contribution >= 4 is 11.9 Å². The number of nitrogens with two attached hydrogens (primary N) is 1. The molecule has 7 nitrogen and oxygen atoms in total. The fourth-order valence-corrected chi connectivity index (χ4v) is 2.94. The summed E-state index contributed by atoms with van der Waals surface area (Å²) in [6, 6.07) is 8.60. The summed E-state index contributed by atoms with van der Waals surface area (Å²) in [4.78, 5) is 19.1. The number of aromatic nitrogens is 1. The molecule has 1 aliphatic rings.